The molecule has 0 aromatic rings. The smallest absolute Gasteiger partial charge is 0.225 e. The average Bonchev–Trinajstić information content (AvgIpc) is 2.21. The quantitative estimate of drug-likeness (QED) is 0.463. The largest absolute Gasteiger partial charge is 0.508 e. The van der Waals surface area contributed by atoms with Gasteiger partial charge in [0.05, 0.1) is 0 Å². The maximum Gasteiger partial charge on any atom is 0.508 e. The van der Waals surface area contributed by atoms with E-state index in [-0.39, 0.29) is 0 Å². The predicted molar refractivity (Wildman–Crippen MR) is 65.3 cm³/mol. The monoisotopic (exact) mass is 278 g/mol. The van der Waals surface area contributed by atoms with Gasteiger partial charge in [0.1, 0.15) is 0 Å². The van der Waals surface area contributed by atoms with Gasteiger partial charge in [-0.2, -0.15) is 0 Å². The minimum absolute atomic E-state index is 0.699. The lowest BCUT2D eigenvalue weighted by Crippen LogP contribution is -1.88. The Morgan fingerprint density at radius 2 is 1.14 bits per heavy atom. The highest BCUT2D eigenvalue weighted by Crippen LogP contribution is 2.58. The van der Waals surface area contributed by atoms with Crippen molar-refractivity contribution in [2.45, 2.75) is 20.8 Å². The standard InChI is InChI=1S/C6H15O4PS3/c1-4-12-8-11(7,9-13-5-2)10-14-6-3/h4-6H2,1-3H3. The molecule has 0 amide bonds. The molecule has 0 rings (SSSR count). The molecule has 0 unspecified atom stereocenters. The van der Waals surface area contributed by atoms with Crippen LogP contribution in [-0.2, 0) is 16.5 Å². The molecule has 0 spiro atoms. The van der Waals surface area contributed by atoms with Gasteiger partial charge < -0.3 is 0 Å². The molecule has 0 heterocycles. The van der Waals surface area contributed by atoms with E-state index in [2.05, 4.69) is 0 Å². The summed E-state index contributed by atoms with van der Waals surface area (Å²) in [6, 6.07) is 0. The van der Waals surface area contributed by atoms with Gasteiger partial charge in [0.2, 0.25) is 0 Å². The third kappa shape index (κ3) is 7.45. The Labute approximate surface area is 98.5 Å². The molecule has 0 radical (unpaired) electrons. The van der Waals surface area contributed by atoms with Crippen LogP contribution in [0.25, 0.3) is 0 Å². The molecule has 0 aliphatic rings. The van der Waals surface area contributed by atoms with Crippen LogP contribution < -0.4 is 0 Å². The van der Waals surface area contributed by atoms with Crippen LogP contribution in [0.3, 0.4) is 0 Å². The first-order chi connectivity index (χ1) is 6.68. The first kappa shape index (κ1) is 15.2. The number of hydrogen-bond acceptors (Lipinski definition) is 7. The predicted octanol–water partition coefficient (Wildman–Crippen LogP) is 4.15. The summed E-state index contributed by atoms with van der Waals surface area (Å²) in [4.78, 5) is 0. The van der Waals surface area contributed by atoms with Gasteiger partial charge in [0.25, 0.3) is 0 Å². The zero-order chi connectivity index (χ0) is 10.9. The molecule has 0 saturated carbocycles. The van der Waals surface area contributed by atoms with Crippen molar-refractivity contribution in [3.8, 4) is 0 Å². The van der Waals surface area contributed by atoms with Gasteiger partial charge in [0, 0.05) is 53.4 Å². The summed E-state index contributed by atoms with van der Waals surface area (Å²) >= 11 is 3.23. The van der Waals surface area contributed by atoms with Crippen LogP contribution in [0.5, 0.6) is 0 Å². The summed E-state index contributed by atoms with van der Waals surface area (Å²) in [5, 5.41) is 0. The molecule has 0 aromatic carbocycles. The van der Waals surface area contributed by atoms with E-state index in [4.69, 9.17) is 11.9 Å². The molecule has 14 heavy (non-hydrogen) atoms. The first-order valence-corrected chi connectivity index (χ1v) is 8.41. The van der Waals surface area contributed by atoms with E-state index in [1.54, 1.807) is 0 Å². The van der Waals surface area contributed by atoms with Crippen LogP contribution in [0.4, 0.5) is 0 Å². The second kappa shape index (κ2) is 9.39. The van der Waals surface area contributed by atoms with E-state index in [0.717, 1.165) is 36.1 Å². The summed E-state index contributed by atoms with van der Waals surface area (Å²) < 4.78 is 26.7. The van der Waals surface area contributed by atoms with Gasteiger partial charge in [0.15, 0.2) is 0 Å². The molecule has 0 aromatic heterocycles. The second-order valence-electron chi connectivity index (χ2n) is 1.89. The van der Waals surface area contributed by atoms with E-state index >= 15 is 0 Å². The highest BCUT2D eigenvalue weighted by molar-refractivity contribution is 8.04. The Bertz CT molecular complexity index is 152. The van der Waals surface area contributed by atoms with Crippen molar-refractivity contribution in [3.63, 3.8) is 0 Å². The van der Waals surface area contributed by atoms with Gasteiger partial charge in [-0.1, -0.05) is 20.8 Å². The summed E-state index contributed by atoms with van der Waals surface area (Å²) in [6.45, 7) is 5.69. The van der Waals surface area contributed by atoms with Crippen molar-refractivity contribution in [3.05, 3.63) is 0 Å². The van der Waals surface area contributed by atoms with E-state index in [0.29, 0.717) is 17.3 Å². The van der Waals surface area contributed by atoms with Gasteiger partial charge in [-0.3, -0.25) is 0 Å². The van der Waals surface area contributed by atoms with Gasteiger partial charge in [-0.05, 0) is 0 Å². The Hall–Kier alpha value is 1.16. The van der Waals surface area contributed by atoms with Crippen LogP contribution in [0.15, 0.2) is 0 Å². The molecule has 0 N–H and O–H groups in total. The highest BCUT2D eigenvalue weighted by Gasteiger charge is 2.28. The molecule has 0 bridgehead atoms. The molecule has 0 aliphatic heterocycles. The van der Waals surface area contributed by atoms with Gasteiger partial charge in [-0.25, -0.2) is 16.5 Å². The number of hydrogen-bond donors (Lipinski definition) is 0. The number of phosphoric acid groups is 1. The Morgan fingerprint density at radius 1 is 0.857 bits per heavy atom. The highest BCUT2D eigenvalue weighted by atomic mass is 32.2. The summed E-state index contributed by atoms with van der Waals surface area (Å²) in [6.07, 6.45) is 0. The first-order valence-electron chi connectivity index (χ1n) is 4.22. The molecule has 4 nitrogen and oxygen atoms in total. The summed E-state index contributed by atoms with van der Waals surface area (Å²) in [7, 11) is -3.38. The van der Waals surface area contributed by atoms with Crippen molar-refractivity contribution in [1.82, 2.24) is 0 Å². The lowest BCUT2D eigenvalue weighted by molar-refractivity contribution is 0.350. The third-order valence-electron chi connectivity index (χ3n) is 0.786. The van der Waals surface area contributed by atoms with E-state index in [9.17, 15) is 4.57 Å². The normalized spacial score (nSPS) is 11.9. The molecule has 0 aliphatic carbocycles. The Morgan fingerprint density at radius 3 is 1.36 bits per heavy atom. The maximum absolute atomic E-state index is 11.8. The minimum atomic E-state index is -3.38. The molecular formula is C6H15O4PS3. The minimum Gasteiger partial charge on any atom is -0.225 e. The zero-order valence-corrected chi connectivity index (χ0v) is 11.8. The van der Waals surface area contributed by atoms with Crippen LogP contribution in [0, 0.1) is 0 Å². The summed E-state index contributed by atoms with van der Waals surface area (Å²) in [5.74, 6) is 2.10. The molecule has 8 heteroatoms. The fraction of sp³-hybridized carbons (Fsp3) is 1.00. The molecule has 0 saturated heterocycles. The van der Waals surface area contributed by atoms with Crippen molar-refractivity contribution < 1.29 is 16.5 Å². The zero-order valence-electron chi connectivity index (χ0n) is 8.43. The van der Waals surface area contributed by atoms with Crippen LogP contribution in [0.1, 0.15) is 20.8 Å². The molecule has 0 atom stereocenters. The average molecular weight is 278 g/mol. The fourth-order valence-electron chi connectivity index (χ4n) is 0.389. The van der Waals surface area contributed by atoms with E-state index < -0.39 is 7.82 Å². The van der Waals surface area contributed by atoms with Crippen molar-refractivity contribution >= 4 is 44.0 Å². The molecular weight excluding hydrogens is 263 g/mol. The maximum atomic E-state index is 11.8. The third-order valence-corrected chi connectivity index (χ3v) is 4.95. The lowest BCUT2D eigenvalue weighted by atomic mass is 11.0. The Kier molecular flexibility index (Phi) is 10.2. The Balaban J connectivity index is 3.97. The second-order valence-corrected chi connectivity index (χ2v) is 7.01. The molecule has 0 fully saturated rings. The van der Waals surface area contributed by atoms with E-state index in [1.165, 1.54) is 0 Å². The topological polar surface area (TPSA) is 44.8 Å². The van der Waals surface area contributed by atoms with Crippen LogP contribution in [0.2, 0.25) is 0 Å². The van der Waals surface area contributed by atoms with Crippen molar-refractivity contribution in [2.75, 3.05) is 17.3 Å². The van der Waals surface area contributed by atoms with Gasteiger partial charge in [-0.15, -0.1) is 0 Å². The SMILES string of the molecule is CCSOP(=O)(OSCC)OSCC. The van der Waals surface area contributed by atoms with Crippen molar-refractivity contribution in [2.24, 2.45) is 0 Å². The lowest BCUT2D eigenvalue weighted by Gasteiger charge is -2.13. The van der Waals surface area contributed by atoms with Crippen LogP contribution in [-0.4, -0.2) is 17.3 Å². The van der Waals surface area contributed by atoms with Gasteiger partial charge >= 0.3 is 7.82 Å². The van der Waals surface area contributed by atoms with Crippen molar-refractivity contribution in [1.29, 1.82) is 0 Å². The van der Waals surface area contributed by atoms with E-state index in [1.807, 2.05) is 20.8 Å². The number of rotatable bonds is 9. The summed E-state index contributed by atoms with van der Waals surface area (Å²) in [5.41, 5.74) is 0. The fourth-order valence-corrected chi connectivity index (χ4v) is 4.17. The van der Waals surface area contributed by atoms with Crippen LogP contribution >= 0.6 is 44.0 Å². The molecule has 86 valence electrons.